The predicted octanol–water partition coefficient (Wildman–Crippen LogP) is 8.35. The lowest BCUT2D eigenvalue weighted by molar-refractivity contribution is -0.120. The summed E-state index contributed by atoms with van der Waals surface area (Å²) >= 11 is 6.22. The van der Waals surface area contributed by atoms with E-state index in [1.54, 1.807) is 0 Å². The number of ketones is 1. The van der Waals surface area contributed by atoms with Crippen LogP contribution in [0.3, 0.4) is 0 Å². The molecular formula is C32H41ClN2O2. The van der Waals surface area contributed by atoms with E-state index < -0.39 is 0 Å². The van der Waals surface area contributed by atoms with Gasteiger partial charge < -0.3 is 4.74 Å². The molecule has 0 fully saturated rings. The number of rotatable bonds is 11. The summed E-state index contributed by atoms with van der Waals surface area (Å²) in [5.41, 5.74) is 7.05. The van der Waals surface area contributed by atoms with Gasteiger partial charge in [0.15, 0.2) is 5.78 Å². The SMILES string of the molecule is C=C(C(=C\C=C(\c1cn[nH]c1CC)C(C)CC)/C(=C\C)C(=O)C1COc2ccc(Cl)cc2C1)C(C)CC. The number of hydrogen-bond acceptors (Lipinski definition) is 3. The van der Waals surface area contributed by atoms with Crippen molar-refractivity contribution in [2.45, 2.75) is 67.2 Å². The van der Waals surface area contributed by atoms with Crippen molar-refractivity contribution in [3.63, 3.8) is 0 Å². The molecule has 1 aliphatic rings. The van der Waals surface area contributed by atoms with E-state index in [2.05, 4.69) is 63.5 Å². The number of halogens is 1. The molecule has 0 saturated carbocycles. The summed E-state index contributed by atoms with van der Waals surface area (Å²) in [5.74, 6) is 1.21. The summed E-state index contributed by atoms with van der Waals surface area (Å²) in [6.07, 6.45) is 11.6. The smallest absolute Gasteiger partial charge is 0.169 e. The van der Waals surface area contributed by atoms with Crippen molar-refractivity contribution >= 4 is 23.0 Å². The van der Waals surface area contributed by atoms with Crippen molar-refractivity contribution in [3.05, 3.63) is 87.8 Å². The normalized spacial score (nSPS) is 18.1. The highest BCUT2D eigenvalue weighted by Crippen LogP contribution is 2.35. The van der Waals surface area contributed by atoms with E-state index in [1.807, 2.05) is 37.4 Å². The maximum absolute atomic E-state index is 13.9. The molecule has 198 valence electrons. The fraction of sp³-hybridized carbons (Fsp3) is 0.438. The van der Waals surface area contributed by atoms with Crippen molar-refractivity contribution in [1.82, 2.24) is 10.2 Å². The Labute approximate surface area is 227 Å². The summed E-state index contributed by atoms with van der Waals surface area (Å²) in [4.78, 5) is 13.9. The molecule has 1 N–H and O–H groups in total. The molecule has 0 aliphatic carbocycles. The molecule has 37 heavy (non-hydrogen) atoms. The number of allylic oxidation sites excluding steroid dienone is 7. The van der Waals surface area contributed by atoms with E-state index in [-0.39, 0.29) is 17.6 Å². The predicted molar refractivity (Wildman–Crippen MR) is 155 cm³/mol. The summed E-state index contributed by atoms with van der Waals surface area (Å²) < 4.78 is 5.96. The summed E-state index contributed by atoms with van der Waals surface area (Å²) in [5, 5.41) is 8.10. The number of hydrogen-bond donors (Lipinski definition) is 1. The zero-order chi connectivity index (χ0) is 27.1. The van der Waals surface area contributed by atoms with Crippen molar-refractivity contribution in [2.75, 3.05) is 6.61 Å². The minimum absolute atomic E-state index is 0.0832. The number of nitrogens with one attached hydrogen (secondary N) is 1. The molecule has 0 saturated heterocycles. The number of nitrogens with zero attached hydrogens (tertiary/aromatic N) is 1. The van der Waals surface area contributed by atoms with Gasteiger partial charge in [-0.15, -0.1) is 0 Å². The van der Waals surface area contributed by atoms with Crippen LogP contribution in [0.25, 0.3) is 5.57 Å². The molecule has 2 heterocycles. The molecule has 3 rings (SSSR count). The van der Waals surface area contributed by atoms with Crippen molar-refractivity contribution in [1.29, 1.82) is 0 Å². The standard InChI is InChI=1S/C32H41ClN2O2/c1-8-20(5)22(7)28(14-13-27(21(6)9-2)29-18-34-35-30(29)11-4)26(10-3)32(36)24-16-23-17-25(33)12-15-31(23)37-19-24/h10,12-15,17-18,20-21,24H,7-9,11,16,19H2,1-6H3,(H,34,35)/b26-10+,27-13+,28-14+. The largest absolute Gasteiger partial charge is 0.493 e. The van der Waals surface area contributed by atoms with Crippen LogP contribution >= 0.6 is 11.6 Å². The van der Waals surface area contributed by atoms with Gasteiger partial charge in [-0.25, -0.2) is 0 Å². The lowest BCUT2D eigenvalue weighted by atomic mass is 9.81. The fourth-order valence-electron chi connectivity index (χ4n) is 4.81. The number of aryl methyl sites for hydroxylation is 1. The first kappa shape index (κ1) is 28.7. The number of carbonyl (C=O) groups excluding carboxylic acids is 1. The molecule has 1 aromatic heterocycles. The van der Waals surface area contributed by atoms with Gasteiger partial charge in [-0.3, -0.25) is 9.89 Å². The Hall–Kier alpha value is -2.85. The topological polar surface area (TPSA) is 55.0 Å². The molecule has 3 atom stereocenters. The molecule has 0 bridgehead atoms. The molecule has 3 unspecified atom stereocenters. The maximum atomic E-state index is 13.9. The van der Waals surface area contributed by atoms with E-state index in [9.17, 15) is 4.79 Å². The Morgan fingerprint density at radius 3 is 2.57 bits per heavy atom. The Kier molecular flexibility index (Phi) is 10.2. The molecule has 1 aromatic carbocycles. The average molecular weight is 521 g/mol. The van der Waals surface area contributed by atoms with Gasteiger partial charge in [0.1, 0.15) is 5.75 Å². The second-order valence-electron chi connectivity index (χ2n) is 9.99. The van der Waals surface area contributed by atoms with Crippen LogP contribution in [0.1, 0.15) is 71.2 Å². The Bertz CT molecular complexity index is 1220. The molecule has 2 aromatic rings. The first-order chi connectivity index (χ1) is 17.7. The van der Waals surface area contributed by atoms with Gasteiger partial charge >= 0.3 is 0 Å². The molecule has 0 spiro atoms. The first-order valence-electron chi connectivity index (χ1n) is 13.5. The van der Waals surface area contributed by atoms with Gasteiger partial charge in [0.05, 0.1) is 18.7 Å². The van der Waals surface area contributed by atoms with Crippen LogP contribution in [0.4, 0.5) is 0 Å². The van der Waals surface area contributed by atoms with Gasteiger partial charge in [0.25, 0.3) is 0 Å². The van der Waals surface area contributed by atoms with E-state index >= 15 is 0 Å². The van der Waals surface area contributed by atoms with E-state index in [4.69, 9.17) is 16.3 Å². The summed E-state index contributed by atoms with van der Waals surface area (Å²) in [6.45, 7) is 17.6. The highest BCUT2D eigenvalue weighted by molar-refractivity contribution is 6.30. The second-order valence-corrected chi connectivity index (χ2v) is 10.4. The van der Waals surface area contributed by atoms with Crippen molar-refractivity contribution in [2.24, 2.45) is 17.8 Å². The minimum Gasteiger partial charge on any atom is -0.493 e. The lowest BCUT2D eigenvalue weighted by Crippen LogP contribution is -2.30. The number of H-pyrrole nitrogens is 1. The summed E-state index contributed by atoms with van der Waals surface area (Å²) in [7, 11) is 0. The average Bonchev–Trinajstić information content (AvgIpc) is 3.39. The summed E-state index contributed by atoms with van der Waals surface area (Å²) in [6, 6.07) is 5.60. The van der Waals surface area contributed by atoms with Crippen LogP contribution in [-0.2, 0) is 17.6 Å². The molecule has 5 heteroatoms. The first-order valence-corrected chi connectivity index (χ1v) is 13.9. The van der Waals surface area contributed by atoms with Crippen LogP contribution < -0.4 is 4.74 Å². The third-order valence-electron chi connectivity index (χ3n) is 7.65. The van der Waals surface area contributed by atoms with Gasteiger partial charge in [-0.2, -0.15) is 5.10 Å². The van der Waals surface area contributed by atoms with Crippen LogP contribution in [0.2, 0.25) is 5.02 Å². The van der Waals surface area contributed by atoms with Crippen LogP contribution in [0.15, 0.2) is 65.9 Å². The Morgan fingerprint density at radius 1 is 1.19 bits per heavy atom. The van der Waals surface area contributed by atoms with Gasteiger partial charge in [-0.05, 0) is 84.9 Å². The van der Waals surface area contributed by atoms with Crippen LogP contribution in [0.5, 0.6) is 5.75 Å². The Balaban J connectivity index is 2.04. The number of Topliss-reactive ketones (excluding diaryl/α,β-unsaturated/α-hetero) is 1. The van der Waals surface area contributed by atoms with Gasteiger partial charge in [-0.1, -0.05) is 71.0 Å². The number of carbonyl (C=O) groups is 1. The van der Waals surface area contributed by atoms with Crippen LogP contribution in [-0.4, -0.2) is 22.6 Å². The third kappa shape index (κ3) is 6.54. The van der Waals surface area contributed by atoms with Crippen molar-refractivity contribution < 1.29 is 9.53 Å². The van der Waals surface area contributed by atoms with Crippen LogP contribution in [0, 0.1) is 17.8 Å². The number of aromatic nitrogens is 2. The molecule has 1 aliphatic heterocycles. The zero-order valence-corrected chi connectivity index (χ0v) is 23.9. The fourth-order valence-corrected chi connectivity index (χ4v) is 5.00. The highest BCUT2D eigenvalue weighted by Gasteiger charge is 2.30. The highest BCUT2D eigenvalue weighted by atomic mass is 35.5. The number of fused-ring (bicyclic) bond motifs is 1. The maximum Gasteiger partial charge on any atom is 0.169 e. The minimum atomic E-state index is -0.274. The zero-order valence-electron chi connectivity index (χ0n) is 23.2. The molecular weight excluding hydrogens is 480 g/mol. The quantitative estimate of drug-likeness (QED) is 0.239. The number of aromatic amines is 1. The number of benzene rings is 1. The van der Waals surface area contributed by atoms with Crippen molar-refractivity contribution in [3.8, 4) is 5.75 Å². The number of ether oxygens (including phenoxy) is 1. The second kappa shape index (κ2) is 13.1. The van der Waals surface area contributed by atoms with Gasteiger partial charge in [0.2, 0.25) is 0 Å². The Morgan fingerprint density at radius 2 is 1.92 bits per heavy atom. The van der Waals surface area contributed by atoms with Gasteiger partial charge in [0, 0.05) is 21.9 Å². The van der Waals surface area contributed by atoms with E-state index in [0.29, 0.717) is 29.5 Å². The molecule has 0 amide bonds. The lowest BCUT2D eigenvalue weighted by Gasteiger charge is -2.27. The third-order valence-corrected chi connectivity index (χ3v) is 7.89. The van der Waals surface area contributed by atoms with E-state index in [0.717, 1.165) is 53.0 Å². The molecule has 0 radical (unpaired) electrons. The molecule has 4 nitrogen and oxygen atoms in total. The monoisotopic (exact) mass is 520 g/mol. The van der Waals surface area contributed by atoms with E-state index in [1.165, 1.54) is 5.57 Å².